The fourth-order valence-electron chi connectivity index (χ4n) is 4.43. The smallest absolute Gasteiger partial charge is 0.173 e. The van der Waals surface area contributed by atoms with E-state index >= 15 is 0 Å². The molecule has 5 heteroatoms. The van der Waals surface area contributed by atoms with Gasteiger partial charge in [0.1, 0.15) is 11.6 Å². The highest BCUT2D eigenvalue weighted by molar-refractivity contribution is 6.09. The third-order valence-electron chi connectivity index (χ3n) is 6.27. The third-order valence-corrected chi connectivity index (χ3v) is 6.27. The zero-order chi connectivity index (χ0) is 23.5. The van der Waals surface area contributed by atoms with Gasteiger partial charge in [-0.05, 0) is 66.6 Å². The van der Waals surface area contributed by atoms with Gasteiger partial charge >= 0.3 is 0 Å². The van der Waals surface area contributed by atoms with Crippen LogP contribution < -0.4 is 10.6 Å². The SMILES string of the molecule is Cc1ccc(O)cc1Nc1ccnc2c1C(=O)Cc1cc(CCCc3ccccc3)ccc1N2. The number of carbonyl (C=O) groups excluding carboxylic acids is 1. The number of carbonyl (C=O) groups is 1. The van der Waals surface area contributed by atoms with Crippen molar-refractivity contribution < 1.29 is 9.90 Å². The van der Waals surface area contributed by atoms with Crippen molar-refractivity contribution in [1.29, 1.82) is 0 Å². The molecule has 3 aromatic carbocycles. The molecule has 0 bridgehead atoms. The first-order chi connectivity index (χ1) is 16.6. The quantitative estimate of drug-likeness (QED) is 0.313. The molecule has 1 aliphatic rings. The zero-order valence-corrected chi connectivity index (χ0v) is 19.1. The summed E-state index contributed by atoms with van der Waals surface area (Å²) in [6.45, 7) is 1.96. The fourth-order valence-corrected chi connectivity index (χ4v) is 4.43. The molecule has 170 valence electrons. The maximum atomic E-state index is 13.4. The molecule has 2 heterocycles. The van der Waals surface area contributed by atoms with Crippen molar-refractivity contribution in [2.24, 2.45) is 0 Å². The highest BCUT2D eigenvalue weighted by atomic mass is 16.3. The van der Waals surface area contributed by atoms with Crippen molar-refractivity contribution in [3.63, 3.8) is 0 Å². The number of anilines is 4. The van der Waals surface area contributed by atoms with Gasteiger partial charge in [-0.1, -0.05) is 48.5 Å². The molecule has 0 unspecified atom stereocenters. The lowest BCUT2D eigenvalue weighted by atomic mass is 9.98. The summed E-state index contributed by atoms with van der Waals surface area (Å²) in [5.74, 6) is 0.726. The van der Waals surface area contributed by atoms with Crippen LogP contribution in [0.5, 0.6) is 5.75 Å². The van der Waals surface area contributed by atoms with Crippen molar-refractivity contribution in [3.05, 3.63) is 107 Å². The number of phenolic OH excluding ortho intramolecular Hbond substituents is 1. The molecule has 0 radical (unpaired) electrons. The summed E-state index contributed by atoms with van der Waals surface area (Å²) in [6.07, 6.45) is 5.05. The first-order valence-corrected chi connectivity index (χ1v) is 11.6. The van der Waals surface area contributed by atoms with E-state index in [0.717, 1.165) is 41.8 Å². The highest BCUT2D eigenvalue weighted by Crippen LogP contribution is 2.35. The second-order valence-electron chi connectivity index (χ2n) is 8.76. The topological polar surface area (TPSA) is 74.2 Å². The molecule has 5 nitrogen and oxygen atoms in total. The minimum Gasteiger partial charge on any atom is -0.508 e. The molecule has 0 atom stereocenters. The van der Waals surface area contributed by atoms with Crippen LogP contribution in [-0.2, 0) is 19.3 Å². The summed E-state index contributed by atoms with van der Waals surface area (Å²) in [7, 11) is 0. The summed E-state index contributed by atoms with van der Waals surface area (Å²) in [4.78, 5) is 17.8. The Bertz CT molecular complexity index is 1350. The molecule has 4 aromatic rings. The molecule has 1 aliphatic heterocycles. The first kappa shape index (κ1) is 21.7. The van der Waals surface area contributed by atoms with E-state index in [4.69, 9.17) is 0 Å². The molecule has 0 spiro atoms. The predicted molar refractivity (Wildman–Crippen MR) is 137 cm³/mol. The number of fused-ring (bicyclic) bond motifs is 2. The molecule has 0 aliphatic carbocycles. The minimum absolute atomic E-state index is 0.0103. The highest BCUT2D eigenvalue weighted by Gasteiger charge is 2.24. The predicted octanol–water partition coefficient (Wildman–Crippen LogP) is 6.50. The number of aromatic hydroxyl groups is 1. The standard InChI is InChI=1S/C29H27N3O2/c1-19-10-12-23(33)18-26(19)31-25-14-15-30-29-28(25)27(34)17-22-16-21(11-13-24(22)32-29)9-5-8-20-6-3-2-4-7-20/h2-4,6-7,10-16,18,33H,5,8-9,17H2,1H3,(H2,30,31,32). The fraction of sp³-hybridized carbons (Fsp3) is 0.172. The Labute approximate surface area is 199 Å². The first-order valence-electron chi connectivity index (χ1n) is 11.6. The molecule has 0 saturated carbocycles. The Morgan fingerprint density at radius 3 is 2.62 bits per heavy atom. The van der Waals surface area contributed by atoms with E-state index in [1.807, 2.05) is 19.1 Å². The number of ketones is 1. The van der Waals surface area contributed by atoms with E-state index in [-0.39, 0.29) is 11.5 Å². The Morgan fingerprint density at radius 2 is 1.76 bits per heavy atom. The second kappa shape index (κ2) is 9.40. The number of rotatable bonds is 6. The van der Waals surface area contributed by atoms with Gasteiger partial charge in [0, 0.05) is 30.1 Å². The van der Waals surface area contributed by atoms with Gasteiger partial charge < -0.3 is 15.7 Å². The lowest BCUT2D eigenvalue weighted by Crippen LogP contribution is -2.08. The van der Waals surface area contributed by atoms with Gasteiger partial charge in [0.25, 0.3) is 0 Å². The normalized spacial score (nSPS) is 12.3. The minimum atomic E-state index is 0.0103. The maximum absolute atomic E-state index is 13.4. The van der Waals surface area contributed by atoms with Crippen molar-refractivity contribution in [1.82, 2.24) is 4.98 Å². The maximum Gasteiger partial charge on any atom is 0.173 e. The van der Waals surface area contributed by atoms with E-state index in [1.165, 1.54) is 11.1 Å². The van der Waals surface area contributed by atoms with E-state index in [0.29, 0.717) is 23.5 Å². The van der Waals surface area contributed by atoms with Crippen LogP contribution in [0.4, 0.5) is 22.9 Å². The van der Waals surface area contributed by atoms with Crippen LogP contribution in [-0.4, -0.2) is 15.9 Å². The van der Waals surface area contributed by atoms with Crippen molar-refractivity contribution in [3.8, 4) is 5.75 Å². The number of aromatic nitrogens is 1. The third kappa shape index (κ3) is 4.64. The molecule has 34 heavy (non-hydrogen) atoms. The van der Waals surface area contributed by atoms with Gasteiger partial charge in [-0.15, -0.1) is 0 Å². The van der Waals surface area contributed by atoms with Gasteiger partial charge in [-0.3, -0.25) is 4.79 Å². The number of hydrogen-bond donors (Lipinski definition) is 3. The number of pyridine rings is 1. The van der Waals surface area contributed by atoms with Crippen LogP contribution >= 0.6 is 0 Å². The number of nitrogens with one attached hydrogen (secondary N) is 2. The Morgan fingerprint density at radius 1 is 0.941 bits per heavy atom. The van der Waals surface area contributed by atoms with Crippen molar-refractivity contribution in [2.75, 3.05) is 10.6 Å². The number of hydrogen-bond acceptors (Lipinski definition) is 5. The Balaban J connectivity index is 1.37. The molecule has 3 N–H and O–H groups in total. The van der Waals surface area contributed by atoms with Crippen LogP contribution in [0.3, 0.4) is 0 Å². The van der Waals surface area contributed by atoms with Crippen LogP contribution in [0.1, 0.15) is 39.0 Å². The molecule has 1 aromatic heterocycles. The van der Waals surface area contributed by atoms with Crippen molar-refractivity contribution >= 4 is 28.7 Å². The zero-order valence-electron chi connectivity index (χ0n) is 19.1. The molecule has 0 fully saturated rings. The van der Waals surface area contributed by atoms with Gasteiger partial charge in [-0.2, -0.15) is 0 Å². The van der Waals surface area contributed by atoms with Crippen LogP contribution in [0.2, 0.25) is 0 Å². The number of phenols is 1. The van der Waals surface area contributed by atoms with E-state index in [2.05, 4.69) is 58.1 Å². The molecular formula is C29H27N3O2. The van der Waals surface area contributed by atoms with E-state index in [1.54, 1.807) is 24.4 Å². The second-order valence-corrected chi connectivity index (χ2v) is 8.76. The molecule has 0 amide bonds. The summed E-state index contributed by atoms with van der Waals surface area (Å²) in [6, 6.07) is 23.8. The Hall–Kier alpha value is -4.12. The molecule has 0 saturated heterocycles. The number of aryl methyl sites for hydroxylation is 3. The summed E-state index contributed by atoms with van der Waals surface area (Å²) in [5, 5.41) is 16.6. The molecular weight excluding hydrogens is 422 g/mol. The number of nitrogens with zero attached hydrogens (tertiary/aromatic N) is 1. The van der Waals surface area contributed by atoms with Crippen molar-refractivity contribution in [2.45, 2.75) is 32.6 Å². The summed E-state index contributed by atoms with van der Waals surface area (Å²) < 4.78 is 0. The monoisotopic (exact) mass is 449 g/mol. The largest absolute Gasteiger partial charge is 0.508 e. The average molecular weight is 450 g/mol. The van der Waals surface area contributed by atoms with E-state index in [9.17, 15) is 9.90 Å². The average Bonchev–Trinajstić information content (AvgIpc) is 2.98. The van der Waals surface area contributed by atoms with Gasteiger partial charge in [0.05, 0.1) is 11.3 Å². The van der Waals surface area contributed by atoms with Crippen LogP contribution in [0.15, 0.2) is 79.0 Å². The van der Waals surface area contributed by atoms with Crippen LogP contribution in [0.25, 0.3) is 0 Å². The molecule has 5 rings (SSSR count). The lowest BCUT2D eigenvalue weighted by molar-refractivity contribution is 0.0995. The Kier molecular flexibility index (Phi) is 6.00. The lowest BCUT2D eigenvalue weighted by Gasteiger charge is -2.15. The number of Topliss-reactive ketones (excluding diaryl/α,β-unsaturated/α-hetero) is 1. The van der Waals surface area contributed by atoms with Gasteiger partial charge in [0.2, 0.25) is 0 Å². The van der Waals surface area contributed by atoms with Gasteiger partial charge in [-0.25, -0.2) is 4.98 Å². The summed E-state index contributed by atoms with van der Waals surface area (Å²) >= 11 is 0. The van der Waals surface area contributed by atoms with Crippen LogP contribution in [0, 0.1) is 6.92 Å². The van der Waals surface area contributed by atoms with Gasteiger partial charge in [0.15, 0.2) is 5.78 Å². The number of benzene rings is 3. The van der Waals surface area contributed by atoms with E-state index < -0.39 is 0 Å². The summed E-state index contributed by atoms with van der Waals surface area (Å²) in [5.41, 5.74) is 7.41.